The van der Waals surface area contributed by atoms with Crippen LogP contribution in [0.4, 0.5) is 0 Å². The third kappa shape index (κ3) is 4.37. The number of nitrogens with zero attached hydrogens (tertiary/aromatic N) is 4. The van der Waals surface area contributed by atoms with Crippen LogP contribution in [0.5, 0.6) is 0 Å². The molecule has 1 aromatic carbocycles. The molecule has 0 saturated heterocycles. The summed E-state index contributed by atoms with van der Waals surface area (Å²) < 4.78 is 6.42. The normalized spacial score (nSPS) is 10.5. The monoisotopic (exact) mass is 303 g/mol. The third-order valence-electron chi connectivity index (χ3n) is 2.76. The van der Waals surface area contributed by atoms with Crippen molar-refractivity contribution in [2.45, 2.75) is 13.8 Å². The van der Waals surface area contributed by atoms with Gasteiger partial charge in [0.1, 0.15) is 6.33 Å². The van der Waals surface area contributed by atoms with E-state index in [0.29, 0.717) is 18.0 Å². The predicted octanol–water partition coefficient (Wildman–Crippen LogP) is 0.591. The summed E-state index contributed by atoms with van der Waals surface area (Å²) in [5.41, 5.74) is 1.07. The molecule has 0 bridgehead atoms. The maximum atomic E-state index is 11.8. The summed E-state index contributed by atoms with van der Waals surface area (Å²) in [6.45, 7) is 4.23. The number of aromatic nitrogens is 4. The molecule has 116 valence electrons. The summed E-state index contributed by atoms with van der Waals surface area (Å²) in [6.07, 6.45) is 1.45. The Balaban J connectivity index is 1.86. The van der Waals surface area contributed by atoms with Crippen LogP contribution in [0.3, 0.4) is 0 Å². The Bertz CT molecular complexity index is 622. The van der Waals surface area contributed by atoms with Gasteiger partial charge in [-0.2, -0.15) is 0 Å². The molecule has 0 aliphatic carbocycles. The van der Waals surface area contributed by atoms with Gasteiger partial charge in [-0.1, -0.05) is 13.8 Å². The largest absolute Gasteiger partial charge is 0.452 e. The quantitative estimate of drug-likeness (QED) is 0.784. The zero-order chi connectivity index (χ0) is 15.9. The Hall–Kier alpha value is -2.77. The van der Waals surface area contributed by atoms with E-state index < -0.39 is 5.97 Å². The SMILES string of the molecule is CC(C)CNC(=O)COC(=O)c1ccc(-n2cnnn2)cc1. The van der Waals surface area contributed by atoms with E-state index in [2.05, 4.69) is 20.8 Å². The molecular formula is C14H17N5O3. The van der Waals surface area contributed by atoms with Crippen molar-refractivity contribution < 1.29 is 14.3 Å². The molecule has 8 heteroatoms. The zero-order valence-electron chi connectivity index (χ0n) is 12.4. The Morgan fingerprint density at radius 2 is 2.00 bits per heavy atom. The molecule has 0 aliphatic rings. The Kier molecular flexibility index (Phi) is 5.18. The van der Waals surface area contributed by atoms with Crippen LogP contribution < -0.4 is 5.32 Å². The molecule has 2 aromatic rings. The van der Waals surface area contributed by atoms with Crippen molar-refractivity contribution >= 4 is 11.9 Å². The summed E-state index contributed by atoms with van der Waals surface area (Å²) >= 11 is 0. The number of carbonyl (C=O) groups is 2. The highest BCUT2D eigenvalue weighted by molar-refractivity contribution is 5.91. The average Bonchev–Trinajstić information content (AvgIpc) is 3.05. The Labute approximate surface area is 127 Å². The van der Waals surface area contributed by atoms with E-state index in [0.717, 1.165) is 5.69 Å². The van der Waals surface area contributed by atoms with Crippen LogP contribution in [0.25, 0.3) is 5.69 Å². The first-order chi connectivity index (χ1) is 10.6. The summed E-state index contributed by atoms with van der Waals surface area (Å²) in [5, 5.41) is 13.5. The van der Waals surface area contributed by atoms with Gasteiger partial charge in [0, 0.05) is 6.54 Å². The molecule has 1 amide bonds. The summed E-state index contributed by atoms with van der Waals surface area (Å²) in [5.74, 6) is -0.520. The summed E-state index contributed by atoms with van der Waals surface area (Å²) in [6, 6.07) is 6.55. The van der Waals surface area contributed by atoms with Crippen LogP contribution in [0.2, 0.25) is 0 Å². The Morgan fingerprint density at radius 3 is 2.59 bits per heavy atom. The highest BCUT2D eigenvalue weighted by Gasteiger charge is 2.10. The number of benzene rings is 1. The van der Waals surface area contributed by atoms with E-state index in [9.17, 15) is 9.59 Å². The molecule has 1 heterocycles. The fourth-order valence-corrected chi connectivity index (χ4v) is 1.61. The van der Waals surface area contributed by atoms with Gasteiger partial charge in [0.2, 0.25) is 0 Å². The first-order valence-electron chi connectivity index (χ1n) is 6.83. The van der Waals surface area contributed by atoms with E-state index in [1.807, 2.05) is 13.8 Å². The van der Waals surface area contributed by atoms with Crippen LogP contribution in [-0.2, 0) is 9.53 Å². The minimum absolute atomic E-state index is 0.291. The summed E-state index contributed by atoms with van der Waals surface area (Å²) in [7, 11) is 0. The molecule has 0 saturated carbocycles. The van der Waals surface area contributed by atoms with E-state index in [4.69, 9.17) is 4.74 Å². The Morgan fingerprint density at radius 1 is 1.27 bits per heavy atom. The number of hydrogen-bond acceptors (Lipinski definition) is 6. The van der Waals surface area contributed by atoms with Crippen LogP contribution in [0, 0.1) is 5.92 Å². The van der Waals surface area contributed by atoms with E-state index in [1.54, 1.807) is 24.3 Å². The van der Waals surface area contributed by atoms with Gasteiger partial charge in [0.05, 0.1) is 11.3 Å². The number of tetrazole rings is 1. The van der Waals surface area contributed by atoms with Crippen LogP contribution in [0.15, 0.2) is 30.6 Å². The van der Waals surface area contributed by atoms with Gasteiger partial charge in [-0.25, -0.2) is 9.48 Å². The molecule has 0 spiro atoms. The molecule has 0 atom stereocenters. The predicted molar refractivity (Wildman–Crippen MR) is 77.3 cm³/mol. The highest BCUT2D eigenvalue weighted by Crippen LogP contribution is 2.08. The van der Waals surface area contributed by atoms with E-state index >= 15 is 0 Å². The lowest BCUT2D eigenvalue weighted by Crippen LogP contribution is -2.31. The molecule has 0 radical (unpaired) electrons. The standard InChI is InChI=1S/C14H17N5O3/c1-10(2)7-15-13(20)8-22-14(21)11-3-5-12(6-4-11)19-9-16-17-18-19/h3-6,9-10H,7-8H2,1-2H3,(H,15,20). The van der Waals surface area contributed by atoms with Crippen molar-refractivity contribution in [3.63, 3.8) is 0 Å². The van der Waals surface area contributed by atoms with Crippen LogP contribution >= 0.6 is 0 Å². The summed E-state index contributed by atoms with van der Waals surface area (Å²) in [4.78, 5) is 23.3. The van der Waals surface area contributed by atoms with Crippen molar-refractivity contribution in [1.82, 2.24) is 25.5 Å². The van der Waals surface area contributed by atoms with Gasteiger partial charge >= 0.3 is 5.97 Å². The molecule has 1 aromatic heterocycles. The van der Waals surface area contributed by atoms with Crippen molar-refractivity contribution in [1.29, 1.82) is 0 Å². The lowest BCUT2D eigenvalue weighted by molar-refractivity contribution is -0.124. The topological polar surface area (TPSA) is 99.0 Å². The number of nitrogens with one attached hydrogen (secondary N) is 1. The van der Waals surface area contributed by atoms with Gasteiger partial charge in [0.15, 0.2) is 6.61 Å². The fraction of sp³-hybridized carbons (Fsp3) is 0.357. The van der Waals surface area contributed by atoms with Gasteiger partial charge < -0.3 is 10.1 Å². The fourth-order valence-electron chi connectivity index (χ4n) is 1.61. The number of hydrogen-bond donors (Lipinski definition) is 1. The maximum absolute atomic E-state index is 11.8. The minimum atomic E-state index is -0.553. The maximum Gasteiger partial charge on any atom is 0.338 e. The second-order valence-corrected chi connectivity index (χ2v) is 5.08. The first kappa shape index (κ1) is 15.6. The van der Waals surface area contributed by atoms with Crippen molar-refractivity contribution in [2.24, 2.45) is 5.92 Å². The number of ether oxygens (including phenoxy) is 1. The molecular weight excluding hydrogens is 286 g/mol. The smallest absolute Gasteiger partial charge is 0.338 e. The molecule has 1 N–H and O–H groups in total. The lowest BCUT2D eigenvalue weighted by Gasteiger charge is -2.08. The number of esters is 1. The second kappa shape index (κ2) is 7.30. The molecule has 0 aliphatic heterocycles. The van der Waals surface area contributed by atoms with Crippen molar-refractivity contribution in [2.75, 3.05) is 13.2 Å². The number of amides is 1. The molecule has 0 unspecified atom stereocenters. The van der Waals surface area contributed by atoms with Crippen LogP contribution in [-0.4, -0.2) is 45.2 Å². The van der Waals surface area contributed by atoms with Crippen molar-refractivity contribution in [3.05, 3.63) is 36.2 Å². The van der Waals surface area contributed by atoms with Gasteiger partial charge in [-0.15, -0.1) is 5.10 Å². The molecule has 0 fully saturated rings. The molecule has 2 rings (SSSR count). The second-order valence-electron chi connectivity index (χ2n) is 5.08. The van der Waals surface area contributed by atoms with Gasteiger partial charge in [-0.05, 0) is 40.6 Å². The molecule has 8 nitrogen and oxygen atoms in total. The minimum Gasteiger partial charge on any atom is -0.452 e. The highest BCUT2D eigenvalue weighted by atomic mass is 16.5. The third-order valence-corrected chi connectivity index (χ3v) is 2.76. The van der Waals surface area contributed by atoms with Gasteiger partial charge in [0.25, 0.3) is 5.91 Å². The number of rotatable bonds is 6. The zero-order valence-corrected chi connectivity index (χ0v) is 12.4. The lowest BCUT2D eigenvalue weighted by atomic mass is 10.2. The average molecular weight is 303 g/mol. The van der Waals surface area contributed by atoms with E-state index in [1.165, 1.54) is 11.0 Å². The van der Waals surface area contributed by atoms with E-state index in [-0.39, 0.29) is 12.5 Å². The van der Waals surface area contributed by atoms with Crippen molar-refractivity contribution in [3.8, 4) is 5.69 Å². The molecule has 22 heavy (non-hydrogen) atoms. The van der Waals surface area contributed by atoms with Gasteiger partial charge in [-0.3, -0.25) is 4.79 Å². The first-order valence-corrected chi connectivity index (χ1v) is 6.83. The number of carbonyl (C=O) groups excluding carboxylic acids is 2. The van der Waals surface area contributed by atoms with Crippen LogP contribution in [0.1, 0.15) is 24.2 Å².